The summed E-state index contributed by atoms with van der Waals surface area (Å²) in [6, 6.07) is 1.37. The number of hydrogen-bond acceptors (Lipinski definition) is 5. The van der Waals surface area contributed by atoms with E-state index in [1.165, 1.54) is 43.9 Å². The second-order valence-electron chi connectivity index (χ2n) is 11.5. The van der Waals surface area contributed by atoms with E-state index in [0.717, 1.165) is 31.0 Å². The smallest absolute Gasteiger partial charge is 0.410 e. The van der Waals surface area contributed by atoms with Crippen molar-refractivity contribution in [1.29, 1.82) is 0 Å². The molecule has 1 aromatic carbocycles. The molecule has 1 heterocycles. The molecule has 0 unspecified atom stereocenters. The number of aliphatic hydroxyl groups is 1. The summed E-state index contributed by atoms with van der Waals surface area (Å²) < 4.78 is 39.3. The zero-order chi connectivity index (χ0) is 27.2. The standard InChI is InChI=1S/C28H42F2N2O5/c1-18(33)31-24(14-20-12-21(29)15-22(30)13-20)26(34)25-17-36-23(11-10-19-8-6-5-7-9-19)16-32(25)27(35)37-28(2,3)4/h12-13,15,19,23-26,34H,5-11,14,16-17H2,1-4H3,(H,31,33)/t23-,24-,25+,26-/m0/s1. The van der Waals surface area contributed by atoms with Gasteiger partial charge in [-0.05, 0) is 63.6 Å². The first-order valence-electron chi connectivity index (χ1n) is 13.4. The molecular weight excluding hydrogens is 482 g/mol. The van der Waals surface area contributed by atoms with Crippen molar-refractivity contribution in [3.8, 4) is 0 Å². The van der Waals surface area contributed by atoms with Gasteiger partial charge in [-0.1, -0.05) is 32.1 Å². The van der Waals surface area contributed by atoms with Crippen molar-refractivity contribution < 1.29 is 33.0 Å². The van der Waals surface area contributed by atoms with Crippen LogP contribution in [0.3, 0.4) is 0 Å². The van der Waals surface area contributed by atoms with Crippen LogP contribution in [0.5, 0.6) is 0 Å². The maximum Gasteiger partial charge on any atom is 0.410 e. The Labute approximate surface area is 218 Å². The number of benzene rings is 1. The quantitative estimate of drug-likeness (QED) is 0.513. The number of ether oxygens (including phenoxy) is 2. The van der Waals surface area contributed by atoms with E-state index in [1.807, 2.05) is 0 Å². The van der Waals surface area contributed by atoms with E-state index in [4.69, 9.17) is 9.47 Å². The summed E-state index contributed by atoms with van der Waals surface area (Å²) in [5.41, 5.74) is -0.459. The largest absolute Gasteiger partial charge is 0.444 e. The first-order valence-corrected chi connectivity index (χ1v) is 13.4. The zero-order valence-corrected chi connectivity index (χ0v) is 22.5. The first kappa shape index (κ1) is 29.3. The highest BCUT2D eigenvalue weighted by Gasteiger charge is 2.41. The first-order chi connectivity index (χ1) is 17.4. The molecular formula is C28H42F2N2O5. The van der Waals surface area contributed by atoms with E-state index >= 15 is 0 Å². The Morgan fingerprint density at radius 3 is 2.38 bits per heavy atom. The van der Waals surface area contributed by atoms with E-state index in [2.05, 4.69) is 5.32 Å². The average Bonchev–Trinajstić information content (AvgIpc) is 2.80. The SMILES string of the molecule is CC(=O)N[C@@H](Cc1cc(F)cc(F)c1)[C@H](O)[C@H]1CO[C@@H](CCC2CCCCC2)CN1C(=O)OC(C)(C)C. The van der Waals surface area contributed by atoms with E-state index in [9.17, 15) is 23.5 Å². The number of carbonyl (C=O) groups is 2. The Balaban J connectivity index is 1.76. The third-order valence-corrected chi connectivity index (χ3v) is 7.13. The number of rotatable bonds is 8. The second-order valence-corrected chi connectivity index (χ2v) is 11.5. The molecule has 37 heavy (non-hydrogen) atoms. The van der Waals surface area contributed by atoms with Crippen LogP contribution in [0.4, 0.5) is 13.6 Å². The average molecular weight is 525 g/mol. The molecule has 2 aliphatic rings. The van der Waals surface area contributed by atoms with Crippen molar-refractivity contribution in [3.05, 3.63) is 35.4 Å². The third kappa shape index (κ3) is 9.21. The molecule has 1 saturated carbocycles. The van der Waals surface area contributed by atoms with Crippen LogP contribution in [0.2, 0.25) is 0 Å². The lowest BCUT2D eigenvalue weighted by molar-refractivity contribution is -0.124. The summed E-state index contributed by atoms with van der Waals surface area (Å²) in [4.78, 5) is 26.7. The van der Waals surface area contributed by atoms with Crippen molar-refractivity contribution in [2.45, 2.75) is 109 Å². The van der Waals surface area contributed by atoms with Gasteiger partial charge in [-0.15, -0.1) is 0 Å². The molecule has 2 amide bonds. The minimum atomic E-state index is -1.26. The minimum absolute atomic E-state index is 0.0286. The molecule has 208 valence electrons. The highest BCUT2D eigenvalue weighted by Crippen LogP contribution is 2.30. The second kappa shape index (κ2) is 13.0. The number of nitrogens with zero attached hydrogens (tertiary/aromatic N) is 1. The van der Waals surface area contributed by atoms with Gasteiger partial charge in [-0.3, -0.25) is 9.69 Å². The summed E-state index contributed by atoms with van der Waals surface area (Å²) in [5.74, 6) is -1.23. The highest BCUT2D eigenvalue weighted by atomic mass is 19.1. The number of aliphatic hydroxyl groups excluding tert-OH is 1. The lowest BCUT2D eigenvalue weighted by Crippen LogP contribution is -2.62. The number of carbonyl (C=O) groups excluding carboxylic acids is 2. The Morgan fingerprint density at radius 1 is 1.14 bits per heavy atom. The van der Waals surface area contributed by atoms with Gasteiger partial charge in [0, 0.05) is 13.0 Å². The number of halogens is 2. The predicted molar refractivity (Wildman–Crippen MR) is 136 cm³/mol. The van der Waals surface area contributed by atoms with Crippen molar-refractivity contribution in [2.75, 3.05) is 13.2 Å². The molecule has 2 N–H and O–H groups in total. The molecule has 1 saturated heterocycles. The molecule has 9 heteroatoms. The Kier molecular flexibility index (Phi) is 10.3. The van der Waals surface area contributed by atoms with E-state index in [-0.39, 0.29) is 31.2 Å². The van der Waals surface area contributed by atoms with Gasteiger partial charge in [0.15, 0.2) is 0 Å². The molecule has 4 atom stereocenters. The zero-order valence-electron chi connectivity index (χ0n) is 22.5. The molecule has 7 nitrogen and oxygen atoms in total. The fourth-order valence-corrected chi connectivity index (χ4v) is 5.39. The van der Waals surface area contributed by atoms with Crippen LogP contribution >= 0.6 is 0 Å². The van der Waals surface area contributed by atoms with Gasteiger partial charge < -0.3 is 19.9 Å². The molecule has 0 bridgehead atoms. The van der Waals surface area contributed by atoms with Crippen LogP contribution in [0.25, 0.3) is 0 Å². The van der Waals surface area contributed by atoms with Crippen LogP contribution in [0, 0.1) is 17.6 Å². The van der Waals surface area contributed by atoms with Crippen LogP contribution in [-0.2, 0) is 20.7 Å². The number of hydrogen-bond donors (Lipinski definition) is 2. The Bertz CT molecular complexity index is 896. The number of morpholine rings is 1. The monoisotopic (exact) mass is 524 g/mol. The lowest BCUT2D eigenvalue weighted by atomic mass is 9.85. The summed E-state index contributed by atoms with van der Waals surface area (Å²) >= 11 is 0. The topological polar surface area (TPSA) is 88.1 Å². The van der Waals surface area contributed by atoms with Crippen LogP contribution in [0.1, 0.15) is 78.2 Å². The summed E-state index contributed by atoms with van der Waals surface area (Å²) in [5, 5.41) is 14.1. The predicted octanol–water partition coefficient (Wildman–Crippen LogP) is 4.74. The molecule has 0 aromatic heterocycles. The number of amides is 2. The Morgan fingerprint density at radius 2 is 1.78 bits per heavy atom. The van der Waals surface area contributed by atoms with Gasteiger partial charge in [-0.2, -0.15) is 0 Å². The molecule has 0 spiro atoms. The minimum Gasteiger partial charge on any atom is -0.444 e. The third-order valence-electron chi connectivity index (χ3n) is 7.13. The maximum absolute atomic E-state index is 13.8. The highest BCUT2D eigenvalue weighted by molar-refractivity contribution is 5.73. The fourth-order valence-electron chi connectivity index (χ4n) is 5.39. The van der Waals surface area contributed by atoms with Gasteiger partial charge in [0.2, 0.25) is 5.91 Å². The van der Waals surface area contributed by atoms with Gasteiger partial charge in [0.05, 0.1) is 37.4 Å². The van der Waals surface area contributed by atoms with E-state index in [1.54, 1.807) is 20.8 Å². The van der Waals surface area contributed by atoms with Gasteiger partial charge in [0.1, 0.15) is 17.2 Å². The van der Waals surface area contributed by atoms with E-state index < -0.39 is 47.4 Å². The summed E-state index contributed by atoms with van der Waals surface area (Å²) in [7, 11) is 0. The fraction of sp³-hybridized carbons (Fsp3) is 0.714. The summed E-state index contributed by atoms with van der Waals surface area (Å²) in [6.45, 7) is 6.94. The molecule has 2 fully saturated rings. The van der Waals surface area contributed by atoms with Crippen molar-refractivity contribution in [3.63, 3.8) is 0 Å². The van der Waals surface area contributed by atoms with Gasteiger partial charge in [0.25, 0.3) is 0 Å². The molecule has 0 radical (unpaired) electrons. The van der Waals surface area contributed by atoms with Crippen LogP contribution < -0.4 is 5.32 Å². The van der Waals surface area contributed by atoms with Crippen LogP contribution in [0.15, 0.2) is 18.2 Å². The number of nitrogens with one attached hydrogen (secondary N) is 1. The van der Waals surface area contributed by atoms with E-state index in [0.29, 0.717) is 5.92 Å². The van der Waals surface area contributed by atoms with Gasteiger partial charge >= 0.3 is 6.09 Å². The maximum atomic E-state index is 13.8. The summed E-state index contributed by atoms with van der Waals surface area (Å²) in [6.07, 6.45) is 6.05. The normalized spacial score (nSPS) is 22.8. The molecule has 1 aromatic rings. The van der Waals surface area contributed by atoms with Crippen molar-refractivity contribution in [2.24, 2.45) is 5.92 Å². The Hall–Kier alpha value is -2.26. The lowest BCUT2D eigenvalue weighted by Gasteiger charge is -2.44. The molecule has 3 rings (SSSR count). The van der Waals surface area contributed by atoms with Gasteiger partial charge in [-0.25, -0.2) is 13.6 Å². The molecule has 1 aliphatic heterocycles. The van der Waals surface area contributed by atoms with Crippen molar-refractivity contribution >= 4 is 12.0 Å². The van der Waals surface area contributed by atoms with Crippen LogP contribution in [-0.4, -0.2) is 65.1 Å². The van der Waals surface area contributed by atoms with Crippen molar-refractivity contribution in [1.82, 2.24) is 10.2 Å². The molecule has 1 aliphatic carbocycles.